The molecule has 32 heavy (non-hydrogen) atoms. The second kappa shape index (κ2) is 11.7. The highest BCUT2D eigenvalue weighted by Crippen LogP contribution is 2.40. The molecule has 0 aliphatic carbocycles. The van der Waals surface area contributed by atoms with E-state index < -0.39 is 53.7 Å². The minimum absolute atomic E-state index is 0.307. The van der Waals surface area contributed by atoms with Gasteiger partial charge in [-0.05, 0) is 18.2 Å². The molecule has 1 aromatic carbocycles. The molecule has 1 saturated heterocycles. The van der Waals surface area contributed by atoms with Crippen molar-refractivity contribution in [2.45, 2.75) is 62.4 Å². The van der Waals surface area contributed by atoms with Gasteiger partial charge in [0.2, 0.25) is 0 Å². The van der Waals surface area contributed by atoms with Crippen molar-refractivity contribution in [2.75, 3.05) is 6.61 Å². The summed E-state index contributed by atoms with van der Waals surface area (Å²) in [5.74, 6) is -2.68. The predicted octanol–water partition coefficient (Wildman–Crippen LogP) is 3.17. The fraction of sp³-hybridized carbons (Fsp3) is 0.500. The number of halogens is 2. The second-order valence-corrected chi connectivity index (χ2v) is 8.74. The fourth-order valence-electron chi connectivity index (χ4n) is 2.98. The van der Waals surface area contributed by atoms with Crippen LogP contribution in [0.25, 0.3) is 0 Å². The van der Waals surface area contributed by atoms with E-state index in [0.29, 0.717) is 14.9 Å². The molecule has 0 bridgehead atoms. The lowest BCUT2D eigenvalue weighted by atomic mass is 9.99. The summed E-state index contributed by atoms with van der Waals surface area (Å²) in [6, 6.07) is 4.77. The quantitative estimate of drug-likeness (QED) is 0.401. The van der Waals surface area contributed by atoms with Crippen LogP contribution in [-0.2, 0) is 42.9 Å². The Morgan fingerprint density at radius 2 is 1.44 bits per heavy atom. The molecule has 1 aromatic rings. The largest absolute Gasteiger partial charge is 0.463 e. The van der Waals surface area contributed by atoms with Crippen LogP contribution in [-0.4, -0.2) is 60.3 Å². The number of benzene rings is 1. The van der Waals surface area contributed by atoms with Crippen LogP contribution in [0.5, 0.6) is 0 Å². The Hall–Kier alpha value is -2.01. The van der Waals surface area contributed by atoms with E-state index in [9.17, 15) is 19.2 Å². The van der Waals surface area contributed by atoms with Crippen LogP contribution in [0.1, 0.15) is 27.7 Å². The molecular weight excluding hydrogens is 487 g/mol. The summed E-state index contributed by atoms with van der Waals surface area (Å²) in [5.41, 5.74) is -0.980. The van der Waals surface area contributed by atoms with Crippen molar-refractivity contribution in [3.05, 3.63) is 28.2 Å². The summed E-state index contributed by atoms with van der Waals surface area (Å²) in [6.07, 6.45) is -4.68. The summed E-state index contributed by atoms with van der Waals surface area (Å²) in [6.45, 7) is 4.37. The van der Waals surface area contributed by atoms with Gasteiger partial charge in [-0.25, -0.2) is 0 Å². The molecule has 0 aromatic heterocycles. The topological polar surface area (TPSA) is 114 Å². The summed E-state index contributed by atoms with van der Waals surface area (Å²) in [7, 11) is 0. The number of carbonyl (C=O) groups is 4. The zero-order valence-corrected chi connectivity index (χ0v) is 20.0. The van der Waals surface area contributed by atoms with E-state index in [-0.39, 0.29) is 6.61 Å². The third kappa shape index (κ3) is 7.54. The van der Waals surface area contributed by atoms with Gasteiger partial charge in [0.05, 0.1) is 5.02 Å². The highest BCUT2D eigenvalue weighted by molar-refractivity contribution is 8.00. The molecule has 0 saturated carbocycles. The summed E-state index contributed by atoms with van der Waals surface area (Å²) in [5, 5.41) is 0.759. The first-order valence-electron chi connectivity index (χ1n) is 9.40. The van der Waals surface area contributed by atoms with Crippen LogP contribution >= 0.6 is 35.0 Å². The van der Waals surface area contributed by atoms with Crippen LogP contribution in [0.4, 0.5) is 0 Å². The lowest BCUT2D eigenvalue weighted by molar-refractivity contribution is -0.237. The molecule has 176 valence electrons. The Morgan fingerprint density at radius 3 is 2.00 bits per heavy atom. The van der Waals surface area contributed by atoms with Gasteiger partial charge in [-0.2, -0.15) is 0 Å². The molecule has 1 aliphatic rings. The Balaban J connectivity index is 2.49. The number of thioether (sulfide) groups is 1. The monoisotopic (exact) mass is 508 g/mol. The highest BCUT2D eigenvalue weighted by atomic mass is 35.5. The van der Waals surface area contributed by atoms with Crippen molar-refractivity contribution >= 4 is 58.8 Å². The molecule has 0 amide bonds. The highest BCUT2D eigenvalue weighted by Gasteiger charge is 2.52. The smallest absolute Gasteiger partial charge is 0.303 e. The maximum absolute atomic E-state index is 11.8. The van der Waals surface area contributed by atoms with Crippen LogP contribution in [0, 0.1) is 0 Å². The molecular formula is C20H22Cl2O9S. The number of carbonyl (C=O) groups excluding carboxylic acids is 4. The van der Waals surface area contributed by atoms with Gasteiger partial charge in [0.25, 0.3) is 0 Å². The third-order valence-corrected chi connectivity index (χ3v) is 5.96. The van der Waals surface area contributed by atoms with Gasteiger partial charge in [0, 0.05) is 37.6 Å². The second-order valence-electron chi connectivity index (χ2n) is 6.76. The Bertz CT molecular complexity index is 879. The van der Waals surface area contributed by atoms with Gasteiger partial charge >= 0.3 is 23.9 Å². The molecule has 0 unspecified atom stereocenters. The zero-order valence-electron chi connectivity index (χ0n) is 17.7. The molecule has 9 nitrogen and oxygen atoms in total. The van der Waals surface area contributed by atoms with E-state index >= 15 is 0 Å². The van der Waals surface area contributed by atoms with Gasteiger partial charge in [0.1, 0.15) is 18.1 Å². The van der Waals surface area contributed by atoms with Crippen LogP contribution < -0.4 is 0 Å². The van der Waals surface area contributed by atoms with Crippen molar-refractivity contribution in [2.24, 2.45) is 0 Å². The predicted molar refractivity (Wildman–Crippen MR) is 114 cm³/mol. The molecule has 0 spiro atoms. The number of rotatable bonds is 7. The van der Waals surface area contributed by atoms with Crippen molar-refractivity contribution in [3.63, 3.8) is 0 Å². The van der Waals surface area contributed by atoms with Crippen molar-refractivity contribution in [3.8, 4) is 0 Å². The number of esters is 4. The maximum atomic E-state index is 11.8. The Morgan fingerprint density at radius 1 is 0.875 bits per heavy atom. The fourth-order valence-corrected chi connectivity index (χ4v) is 4.63. The average Bonchev–Trinajstić information content (AvgIpc) is 2.66. The van der Waals surface area contributed by atoms with Crippen molar-refractivity contribution in [1.82, 2.24) is 0 Å². The van der Waals surface area contributed by atoms with Gasteiger partial charge in [-0.1, -0.05) is 35.0 Å². The van der Waals surface area contributed by atoms with E-state index in [1.807, 2.05) is 0 Å². The summed E-state index contributed by atoms with van der Waals surface area (Å²) < 4.78 is 27.2. The molecule has 1 heterocycles. The first-order valence-corrected chi connectivity index (χ1v) is 11.0. The average molecular weight is 509 g/mol. The molecule has 0 N–H and O–H groups in total. The molecule has 2 rings (SSSR count). The minimum atomic E-state index is -1.25. The normalized spacial score (nSPS) is 24.9. The zero-order chi connectivity index (χ0) is 24.0. The van der Waals surface area contributed by atoms with Gasteiger partial charge in [0.15, 0.2) is 18.3 Å². The minimum Gasteiger partial charge on any atom is -0.463 e. The van der Waals surface area contributed by atoms with Gasteiger partial charge < -0.3 is 23.7 Å². The number of hydrogen-bond donors (Lipinski definition) is 0. The van der Waals surface area contributed by atoms with Crippen LogP contribution in [0.15, 0.2) is 23.1 Å². The third-order valence-electron chi connectivity index (χ3n) is 4.08. The first kappa shape index (κ1) is 26.2. The lowest BCUT2D eigenvalue weighted by Gasteiger charge is -2.44. The van der Waals surface area contributed by atoms with E-state index in [1.165, 1.54) is 13.8 Å². The van der Waals surface area contributed by atoms with E-state index in [2.05, 4.69) is 0 Å². The lowest BCUT2D eigenvalue weighted by Crippen LogP contribution is -2.61. The van der Waals surface area contributed by atoms with Crippen LogP contribution in [0.3, 0.4) is 0 Å². The summed E-state index contributed by atoms with van der Waals surface area (Å²) in [4.78, 5) is 47.3. The van der Waals surface area contributed by atoms with Gasteiger partial charge in [-0.3, -0.25) is 19.2 Å². The standard InChI is InChI=1S/C20H22Cl2O9S/c1-9(23)27-8-15-17(28-10(2)24)18(29-11(3)25)19(30-12(4)26)20(31-15)32-16-7-13(21)5-6-14(16)22/h5-7,15,17-20H,8H2,1-4H3/t15-,17-,18-,19-,20-/m0/s1. The summed E-state index contributed by atoms with van der Waals surface area (Å²) >= 11 is 13.4. The van der Waals surface area contributed by atoms with Crippen molar-refractivity contribution < 1.29 is 42.9 Å². The van der Waals surface area contributed by atoms with E-state index in [0.717, 1.165) is 25.6 Å². The van der Waals surface area contributed by atoms with E-state index in [4.69, 9.17) is 46.9 Å². The van der Waals surface area contributed by atoms with Crippen molar-refractivity contribution in [1.29, 1.82) is 0 Å². The number of hydrogen-bond acceptors (Lipinski definition) is 10. The number of ether oxygens (including phenoxy) is 5. The maximum Gasteiger partial charge on any atom is 0.303 e. The molecule has 5 atom stereocenters. The molecule has 1 fully saturated rings. The Labute approximate surface area is 198 Å². The van der Waals surface area contributed by atoms with E-state index in [1.54, 1.807) is 18.2 Å². The first-order chi connectivity index (χ1) is 15.0. The molecule has 0 radical (unpaired) electrons. The molecule has 1 aliphatic heterocycles. The molecule has 12 heteroatoms. The van der Waals surface area contributed by atoms with Gasteiger partial charge in [-0.15, -0.1) is 0 Å². The van der Waals surface area contributed by atoms with Crippen LogP contribution in [0.2, 0.25) is 10.0 Å². The SMILES string of the molecule is CC(=O)OC[C@@H]1O[C@@H](Sc2cc(Cl)ccc2Cl)[C@@H](OC(C)=O)[C@@H](OC(C)=O)[C@H]1OC(C)=O. The Kier molecular flexibility index (Phi) is 9.63.